The van der Waals surface area contributed by atoms with Gasteiger partial charge in [-0.15, -0.1) is 0 Å². The van der Waals surface area contributed by atoms with Crippen molar-refractivity contribution in [3.63, 3.8) is 0 Å². The Morgan fingerprint density at radius 2 is 1.76 bits per heavy atom. The van der Waals surface area contributed by atoms with Crippen molar-refractivity contribution in [3.8, 4) is 11.5 Å². The molecule has 4 rings (SSSR count). The lowest BCUT2D eigenvalue weighted by atomic mass is 9.77. The number of rotatable bonds is 6. The van der Waals surface area contributed by atoms with Gasteiger partial charge in [-0.1, -0.05) is 16.7 Å². The SMILES string of the molecule is COc1ccc(C(=O)O[C@H]2CC(C)=C3C(=O)C=C(C)[C@@H]3[C@@H]3OC(=O)[C@@](C)(OC(=O)C=C(C)C)[C@@H]32)cc1OC. The molecule has 0 spiro atoms. The van der Waals surface area contributed by atoms with Gasteiger partial charge in [0, 0.05) is 24.0 Å². The van der Waals surface area contributed by atoms with Crippen LogP contribution in [-0.2, 0) is 28.6 Å². The molecular weight excluding hydrogens is 492 g/mol. The van der Waals surface area contributed by atoms with E-state index in [-0.39, 0.29) is 17.8 Å². The fraction of sp³-hybridized carbons (Fsp3) is 0.448. The number of hydrogen-bond donors (Lipinski definition) is 0. The molecule has 0 radical (unpaired) electrons. The number of ether oxygens (including phenoxy) is 5. The van der Waals surface area contributed by atoms with Crippen LogP contribution in [0.4, 0.5) is 0 Å². The maximum Gasteiger partial charge on any atom is 0.351 e. The zero-order valence-corrected chi connectivity index (χ0v) is 22.6. The van der Waals surface area contributed by atoms with E-state index in [4.69, 9.17) is 23.7 Å². The summed E-state index contributed by atoms with van der Waals surface area (Å²) in [5.74, 6) is -2.90. The largest absolute Gasteiger partial charge is 0.493 e. The molecule has 1 heterocycles. The van der Waals surface area contributed by atoms with Crippen LogP contribution in [0.5, 0.6) is 11.5 Å². The van der Waals surface area contributed by atoms with Crippen LogP contribution in [0.2, 0.25) is 0 Å². The predicted molar refractivity (Wildman–Crippen MR) is 136 cm³/mol. The van der Waals surface area contributed by atoms with Gasteiger partial charge in [0.1, 0.15) is 12.2 Å². The van der Waals surface area contributed by atoms with Gasteiger partial charge in [-0.25, -0.2) is 14.4 Å². The van der Waals surface area contributed by atoms with Gasteiger partial charge < -0.3 is 23.7 Å². The number of methoxy groups -OCH3 is 2. The second-order valence-corrected chi connectivity index (χ2v) is 10.3. The minimum atomic E-state index is -1.75. The summed E-state index contributed by atoms with van der Waals surface area (Å²) in [6.07, 6.45) is 1.17. The first-order valence-electron chi connectivity index (χ1n) is 12.3. The zero-order chi connectivity index (χ0) is 27.9. The fourth-order valence-electron chi connectivity index (χ4n) is 5.67. The van der Waals surface area contributed by atoms with Crippen LogP contribution in [0.25, 0.3) is 0 Å². The summed E-state index contributed by atoms with van der Waals surface area (Å²) in [6.45, 7) is 8.55. The third-order valence-electron chi connectivity index (χ3n) is 7.36. The second-order valence-electron chi connectivity index (χ2n) is 10.3. The summed E-state index contributed by atoms with van der Waals surface area (Å²) in [5, 5.41) is 0. The summed E-state index contributed by atoms with van der Waals surface area (Å²) < 4.78 is 28.1. The first-order chi connectivity index (χ1) is 17.9. The highest BCUT2D eigenvalue weighted by atomic mass is 16.6. The Hall–Kier alpha value is -3.88. The number of fused-ring (bicyclic) bond motifs is 3. The second kappa shape index (κ2) is 10.1. The van der Waals surface area contributed by atoms with Crippen molar-refractivity contribution in [2.45, 2.75) is 58.8 Å². The van der Waals surface area contributed by atoms with Crippen molar-refractivity contribution in [2.24, 2.45) is 11.8 Å². The highest BCUT2D eigenvalue weighted by Gasteiger charge is 2.65. The molecule has 0 aromatic heterocycles. The molecule has 1 aromatic rings. The van der Waals surface area contributed by atoms with E-state index in [2.05, 4.69) is 0 Å². The molecule has 1 saturated heterocycles. The molecule has 5 atom stereocenters. The number of hydrogen-bond acceptors (Lipinski definition) is 9. The highest BCUT2D eigenvalue weighted by Crippen LogP contribution is 2.51. The van der Waals surface area contributed by atoms with E-state index in [1.807, 2.05) is 0 Å². The number of esters is 3. The molecule has 0 amide bonds. The molecule has 0 N–H and O–H groups in total. The molecule has 0 saturated carbocycles. The summed E-state index contributed by atoms with van der Waals surface area (Å²) in [7, 11) is 2.94. The molecule has 1 aliphatic heterocycles. The van der Waals surface area contributed by atoms with Crippen LogP contribution in [0, 0.1) is 11.8 Å². The quantitative estimate of drug-likeness (QED) is 0.310. The number of allylic oxidation sites excluding steroid dienone is 2. The summed E-state index contributed by atoms with van der Waals surface area (Å²) in [5.41, 5.74) is 1.13. The van der Waals surface area contributed by atoms with Gasteiger partial charge in [0.05, 0.1) is 25.7 Å². The van der Waals surface area contributed by atoms with Gasteiger partial charge in [0.15, 0.2) is 17.3 Å². The Kier molecular flexibility index (Phi) is 7.23. The molecule has 0 unspecified atom stereocenters. The molecular formula is C29H32O9. The molecule has 202 valence electrons. The standard InChI is InChI=1S/C29H32O9/c1-14(2)10-22(31)38-29(5)25-21(36-27(32)17-8-9-19(34-6)20(13-17)35-7)12-16(4)23-18(30)11-15(3)24(23)26(25)37-28(29)33/h8-11,13,21,24-26H,12H2,1-7H3/t21-,24-,25+,26-,29-/m0/s1. The van der Waals surface area contributed by atoms with Crippen molar-refractivity contribution in [1.82, 2.24) is 0 Å². The van der Waals surface area contributed by atoms with Crippen LogP contribution in [0.3, 0.4) is 0 Å². The molecule has 2 aliphatic carbocycles. The average molecular weight is 525 g/mol. The highest BCUT2D eigenvalue weighted by molar-refractivity contribution is 6.09. The summed E-state index contributed by atoms with van der Waals surface area (Å²) in [4.78, 5) is 52.3. The van der Waals surface area contributed by atoms with Gasteiger partial charge in [-0.3, -0.25) is 4.79 Å². The minimum absolute atomic E-state index is 0.158. The Balaban J connectivity index is 1.77. The lowest BCUT2D eigenvalue weighted by molar-refractivity contribution is -0.172. The van der Waals surface area contributed by atoms with Gasteiger partial charge in [-0.05, 0) is 58.9 Å². The molecule has 0 bridgehead atoms. The van der Waals surface area contributed by atoms with E-state index in [0.717, 1.165) is 11.1 Å². The van der Waals surface area contributed by atoms with E-state index in [0.29, 0.717) is 22.6 Å². The van der Waals surface area contributed by atoms with Gasteiger partial charge >= 0.3 is 17.9 Å². The van der Waals surface area contributed by atoms with Crippen molar-refractivity contribution >= 4 is 23.7 Å². The normalized spacial score (nSPS) is 27.9. The third kappa shape index (κ3) is 4.61. The number of carbonyl (C=O) groups is 4. The maximum atomic E-state index is 13.4. The summed E-state index contributed by atoms with van der Waals surface area (Å²) >= 11 is 0. The molecule has 1 fully saturated rings. The predicted octanol–water partition coefficient (Wildman–Crippen LogP) is 3.90. The first kappa shape index (κ1) is 27.2. The van der Waals surface area contributed by atoms with Crippen LogP contribution in [-0.4, -0.2) is 55.7 Å². The summed E-state index contributed by atoms with van der Waals surface area (Å²) in [6, 6.07) is 4.62. The van der Waals surface area contributed by atoms with Crippen molar-refractivity contribution < 1.29 is 42.9 Å². The van der Waals surface area contributed by atoms with E-state index >= 15 is 0 Å². The van der Waals surface area contributed by atoms with Gasteiger partial charge in [0.2, 0.25) is 5.60 Å². The van der Waals surface area contributed by atoms with E-state index in [1.165, 1.54) is 39.4 Å². The van der Waals surface area contributed by atoms with Gasteiger partial charge in [0.25, 0.3) is 0 Å². The first-order valence-corrected chi connectivity index (χ1v) is 12.3. The zero-order valence-electron chi connectivity index (χ0n) is 22.6. The monoisotopic (exact) mass is 524 g/mol. The van der Waals surface area contributed by atoms with Crippen LogP contribution in [0.15, 0.2) is 52.6 Å². The Labute approximate surface area is 221 Å². The maximum absolute atomic E-state index is 13.4. The minimum Gasteiger partial charge on any atom is -0.493 e. The molecule has 38 heavy (non-hydrogen) atoms. The molecule has 9 nitrogen and oxygen atoms in total. The van der Waals surface area contributed by atoms with E-state index in [1.54, 1.807) is 39.8 Å². The fourth-order valence-corrected chi connectivity index (χ4v) is 5.67. The topological polar surface area (TPSA) is 114 Å². The van der Waals surface area contributed by atoms with Crippen molar-refractivity contribution in [1.29, 1.82) is 0 Å². The van der Waals surface area contributed by atoms with Gasteiger partial charge in [-0.2, -0.15) is 0 Å². The van der Waals surface area contributed by atoms with Crippen molar-refractivity contribution in [2.75, 3.05) is 14.2 Å². The average Bonchev–Trinajstić information content (AvgIpc) is 3.22. The number of carbonyl (C=O) groups excluding carboxylic acids is 4. The molecule has 1 aromatic carbocycles. The van der Waals surface area contributed by atoms with Crippen LogP contribution < -0.4 is 9.47 Å². The number of ketones is 1. The lowest BCUT2D eigenvalue weighted by Crippen LogP contribution is -2.50. The lowest BCUT2D eigenvalue weighted by Gasteiger charge is -2.34. The Morgan fingerprint density at radius 3 is 2.39 bits per heavy atom. The van der Waals surface area contributed by atoms with E-state index in [9.17, 15) is 19.2 Å². The van der Waals surface area contributed by atoms with Crippen molar-refractivity contribution in [3.05, 3.63) is 58.2 Å². The third-order valence-corrected chi connectivity index (χ3v) is 7.36. The molecule has 9 heteroatoms. The molecule has 3 aliphatic rings. The van der Waals surface area contributed by atoms with Crippen LogP contribution >= 0.6 is 0 Å². The number of benzene rings is 1. The Morgan fingerprint density at radius 1 is 1.08 bits per heavy atom. The van der Waals surface area contributed by atoms with E-state index < -0.39 is 47.6 Å². The Bertz CT molecular complexity index is 1300. The van der Waals surface area contributed by atoms with Crippen LogP contribution in [0.1, 0.15) is 51.4 Å². The smallest absolute Gasteiger partial charge is 0.351 e.